The Morgan fingerprint density at radius 1 is 1.21 bits per heavy atom. The highest BCUT2D eigenvalue weighted by Gasteiger charge is 2.54. The summed E-state index contributed by atoms with van der Waals surface area (Å²) in [6.07, 6.45) is -1.86. The number of thiophene rings is 1. The van der Waals surface area contributed by atoms with E-state index in [4.69, 9.17) is 0 Å². The molecule has 3 N–H and O–H groups in total. The molecule has 1 saturated carbocycles. The number of hydrogen-bond acceptors (Lipinski definition) is 6. The monoisotopic (exact) mass is 491 g/mol. The minimum Gasteiger partial charge on any atom is -0.392 e. The first-order valence-corrected chi connectivity index (χ1v) is 11.4. The van der Waals surface area contributed by atoms with E-state index >= 15 is 0 Å². The predicted molar refractivity (Wildman–Crippen MR) is 118 cm³/mol. The number of carbonyl (C=O) groups is 2. The van der Waals surface area contributed by atoms with Crippen molar-refractivity contribution in [1.29, 1.82) is 0 Å². The normalized spacial score (nSPS) is 17.4. The van der Waals surface area contributed by atoms with Gasteiger partial charge in [0, 0.05) is 30.2 Å². The zero-order valence-corrected chi connectivity index (χ0v) is 18.5. The van der Waals surface area contributed by atoms with Gasteiger partial charge in [-0.2, -0.15) is 13.2 Å². The number of likely N-dealkylation sites (tertiary alicyclic amines) is 1. The molecule has 3 heterocycles. The third-order valence-electron chi connectivity index (χ3n) is 6.24. The molecule has 178 valence electrons. The number of aliphatic hydroxyl groups excluding tert-OH is 1. The lowest BCUT2D eigenvalue weighted by molar-refractivity contribution is -0.137. The smallest absolute Gasteiger partial charge is 0.392 e. The fourth-order valence-electron chi connectivity index (χ4n) is 4.72. The number of nitrogens with zero attached hydrogens (tertiary/aromatic N) is 3. The Morgan fingerprint density at radius 2 is 1.97 bits per heavy atom. The highest BCUT2D eigenvalue weighted by molar-refractivity contribution is 7.17. The molecule has 2 fully saturated rings. The molecule has 1 aromatic carbocycles. The van der Waals surface area contributed by atoms with Crippen molar-refractivity contribution >= 4 is 39.2 Å². The van der Waals surface area contributed by atoms with Crippen molar-refractivity contribution in [3.05, 3.63) is 52.8 Å². The number of anilines is 1. The number of urea groups is 1. The van der Waals surface area contributed by atoms with E-state index in [1.807, 2.05) is 11.4 Å². The lowest BCUT2D eigenvalue weighted by Crippen LogP contribution is -2.67. The molecule has 3 aromatic rings. The van der Waals surface area contributed by atoms with Gasteiger partial charge in [-0.25, -0.2) is 14.8 Å². The maximum atomic E-state index is 13.0. The molecule has 12 heteroatoms. The summed E-state index contributed by atoms with van der Waals surface area (Å²) in [6.45, 7) is 0.555. The van der Waals surface area contributed by atoms with Gasteiger partial charge in [0.05, 0.1) is 22.4 Å². The minimum atomic E-state index is -4.59. The quantitative estimate of drug-likeness (QED) is 0.517. The Morgan fingerprint density at radius 3 is 2.68 bits per heavy atom. The Labute approximate surface area is 195 Å². The molecule has 0 unspecified atom stereocenters. The van der Waals surface area contributed by atoms with E-state index in [2.05, 4.69) is 20.6 Å². The van der Waals surface area contributed by atoms with Crippen molar-refractivity contribution in [3.8, 4) is 0 Å². The summed E-state index contributed by atoms with van der Waals surface area (Å²) in [5.41, 5.74) is 0.136. The second-order valence-electron chi connectivity index (χ2n) is 8.80. The van der Waals surface area contributed by atoms with Gasteiger partial charge in [0.2, 0.25) is 0 Å². The van der Waals surface area contributed by atoms with Crippen LogP contribution < -0.4 is 10.6 Å². The van der Waals surface area contributed by atoms with Gasteiger partial charge >= 0.3 is 12.2 Å². The van der Waals surface area contributed by atoms with E-state index in [0.717, 1.165) is 22.3 Å². The summed E-state index contributed by atoms with van der Waals surface area (Å²) in [5.74, 6) is -0.140. The van der Waals surface area contributed by atoms with Crippen LogP contribution in [-0.2, 0) is 12.8 Å². The number of aromatic nitrogens is 2. The molecule has 8 nitrogen and oxygen atoms in total. The maximum absolute atomic E-state index is 13.0. The van der Waals surface area contributed by atoms with E-state index < -0.39 is 24.4 Å². The summed E-state index contributed by atoms with van der Waals surface area (Å²) < 4.78 is 39.9. The average molecular weight is 491 g/mol. The van der Waals surface area contributed by atoms with Crippen molar-refractivity contribution in [2.75, 3.05) is 18.4 Å². The number of nitrogens with one attached hydrogen (secondary N) is 2. The number of carbonyl (C=O) groups excluding carboxylic acids is 2. The minimum absolute atomic E-state index is 0.0458. The van der Waals surface area contributed by atoms with Gasteiger partial charge in [0.15, 0.2) is 0 Å². The van der Waals surface area contributed by atoms with Crippen LogP contribution in [0.2, 0.25) is 0 Å². The lowest BCUT2D eigenvalue weighted by atomic mass is 9.60. The molecule has 1 aliphatic carbocycles. The SMILES string of the molecule is O=C(Nc1cc(CO)cc(C(F)(F)F)c1)NC1CC2(C1)CN(C(=O)c1ncnc3ccsc13)C2. The molecule has 1 saturated heterocycles. The first-order chi connectivity index (χ1) is 16.2. The summed E-state index contributed by atoms with van der Waals surface area (Å²) >= 11 is 1.42. The topological polar surface area (TPSA) is 107 Å². The van der Waals surface area contributed by atoms with Gasteiger partial charge in [0.25, 0.3) is 5.91 Å². The molecule has 2 aliphatic rings. The molecule has 3 amide bonds. The Bertz CT molecular complexity index is 1260. The summed E-state index contributed by atoms with van der Waals surface area (Å²) in [6, 6.07) is 4.05. The molecule has 34 heavy (non-hydrogen) atoms. The highest BCUT2D eigenvalue weighted by Crippen LogP contribution is 2.49. The van der Waals surface area contributed by atoms with E-state index in [1.165, 1.54) is 23.7 Å². The molecule has 2 aromatic heterocycles. The number of fused-ring (bicyclic) bond motifs is 1. The van der Waals surface area contributed by atoms with Crippen molar-refractivity contribution in [3.63, 3.8) is 0 Å². The van der Waals surface area contributed by atoms with Crippen LogP contribution in [0.1, 0.15) is 34.5 Å². The molecule has 1 spiro atoms. The van der Waals surface area contributed by atoms with Gasteiger partial charge in [-0.1, -0.05) is 0 Å². The van der Waals surface area contributed by atoms with Crippen molar-refractivity contribution in [2.24, 2.45) is 5.41 Å². The third-order valence-corrected chi connectivity index (χ3v) is 7.15. The molecule has 0 atom stereocenters. The fraction of sp³-hybridized carbons (Fsp3) is 0.364. The highest BCUT2D eigenvalue weighted by atomic mass is 32.1. The number of hydrogen-bond donors (Lipinski definition) is 3. The third kappa shape index (κ3) is 4.18. The number of rotatable bonds is 4. The molecular formula is C22H20F3N5O3S. The molecule has 0 bridgehead atoms. The molecule has 0 radical (unpaired) electrons. The van der Waals surface area contributed by atoms with Crippen LogP contribution >= 0.6 is 11.3 Å². The number of benzene rings is 1. The van der Waals surface area contributed by atoms with Crippen LogP contribution in [0.15, 0.2) is 36.0 Å². The van der Waals surface area contributed by atoms with Gasteiger partial charge in [0.1, 0.15) is 12.0 Å². The Balaban J connectivity index is 1.14. The molecular weight excluding hydrogens is 471 g/mol. The Kier molecular flexibility index (Phi) is 5.44. The second-order valence-corrected chi connectivity index (χ2v) is 9.71. The van der Waals surface area contributed by atoms with Crippen LogP contribution in [0.3, 0.4) is 0 Å². The lowest BCUT2D eigenvalue weighted by Gasteiger charge is -2.58. The van der Waals surface area contributed by atoms with Crippen LogP contribution in [0.4, 0.5) is 23.7 Å². The van der Waals surface area contributed by atoms with Gasteiger partial charge in [-0.3, -0.25) is 4.79 Å². The zero-order chi connectivity index (χ0) is 24.1. The van der Waals surface area contributed by atoms with Gasteiger partial charge in [-0.05, 0) is 48.1 Å². The van der Waals surface area contributed by atoms with E-state index in [-0.39, 0.29) is 28.6 Å². The van der Waals surface area contributed by atoms with Crippen LogP contribution in [0.25, 0.3) is 10.2 Å². The fourth-order valence-corrected chi connectivity index (χ4v) is 5.54. The zero-order valence-electron chi connectivity index (χ0n) is 17.7. The summed E-state index contributed by atoms with van der Waals surface area (Å²) in [7, 11) is 0. The van der Waals surface area contributed by atoms with Crippen molar-refractivity contribution < 1.29 is 27.9 Å². The maximum Gasteiger partial charge on any atom is 0.416 e. The van der Waals surface area contributed by atoms with Crippen molar-refractivity contribution in [1.82, 2.24) is 20.2 Å². The first kappa shape index (κ1) is 22.5. The number of amides is 3. The number of aliphatic hydroxyl groups is 1. The second kappa shape index (κ2) is 8.20. The van der Waals surface area contributed by atoms with Crippen LogP contribution in [0, 0.1) is 5.41 Å². The van der Waals surface area contributed by atoms with Crippen LogP contribution in [-0.4, -0.2) is 51.0 Å². The summed E-state index contributed by atoms with van der Waals surface area (Å²) in [5, 5.41) is 16.3. The van der Waals surface area contributed by atoms with E-state index in [9.17, 15) is 27.9 Å². The van der Waals surface area contributed by atoms with Gasteiger partial charge in [-0.15, -0.1) is 11.3 Å². The molecule has 1 aliphatic heterocycles. The predicted octanol–water partition coefficient (Wildman–Crippen LogP) is 3.63. The van der Waals surface area contributed by atoms with Gasteiger partial charge < -0.3 is 20.6 Å². The van der Waals surface area contributed by atoms with E-state index in [0.29, 0.717) is 31.6 Å². The largest absolute Gasteiger partial charge is 0.416 e. The first-order valence-electron chi connectivity index (χ1n) is 10.5. The standard InChI is InChI=1S/C22H20F3N5O3S/c23-22(24,25)13-3-12(8-31)4-14(5-13)28-20(33)29-15-6-21(7-15)9-30(10-21)19(32)17-18-16(1-2-34-18)26-11-27-17/h1-5,11,15,31H,6-10H2,(H2,28,29,33). The number of alkyl halides is 3. The Hall–Kier alpha value is -3.25. The van der Waals surface area contributed by atoms with Crippen molar-refractivity contribution in [2.45, 2.75) is 31.7 Å². The van der Waals surface area contributed by atoms with E-state index in [1.54, 1.807) is 4.90 Å². The average Bonchev–Trinajstić information content (AvgIpc) is 3.22. The number of halogens is 3. The molecule has 5 rings (SSSR count). The van der Waals surface area contributed by atoms with Crippen LogP contribution in [0.5, 0.6) is 0 Å². The summed E-state index contributed by atoms with van der Waals surface area (Å²) in [4.78, 5) is 35.2.